The third-order valence-electron chi connectivity index (χ3n) is 4.00. The van der Waals surface area contributed by atoms with Crippen LogP contribution in [0.2, 0.25) is 0 Å². The Kier molecular flexibility index (Phi) is 7.90. The van der Waals surface area contributed by atoms with E-state index in [1.165, 1.54) is 93.6 Å². The molecule has 0 spiro atoms. The summed E-state index contributed by atoms with van der Waals surface area (Å²) < 4.78 is 31.6. The number of aliphatic hydroxyl groups is 1. The van der Waals surface area contributed by atoms with Gasteiger partial charge in [-0.1, -0.05) is 0 Å². The highest BCUT2D eigenvalue weighted by molar-refractivity contribution is 5.70. The number of ether oxygens (including phenoxy) is 6. The molecule has 0 fully saturated rings. The van der Waals surface area contributed by atoms with Gasteiger partial charge in [-0.25, -0.2) is 0 Å². The minimum atomic E-state index is -2.66. The standard InChI is InChI=1S/C25H22O10/c1-16(26)30-19-4-10-22(11-5-19)33-25(29,34-23-12-6-20(7-13-23)31-17(2)27)35-24-14-8-21(9-15-24)32-18(3)28/h4-15,29H,1-3H3. The van der Waals surface area contributed by atoms with Crippen molar-refractivity contribution in [2.45, 2.75) is 26.9 Å². The highest BCUT2D eigenvalue weighted by Gasteiger charge is 2.37. The number of carbonyl (C=O) groups is 3. The zero-order valence-corrected chi connectivity index (χ0v) is 19.0. The summed E-state index contributed by atoms with van der Waals surface area (Å²) in [5.41, 5.74) is 0. The Bertz CT molecular complexity index is 1020. The summed E-state index contributed by atoms with van der Waals surface area (Å²) >= 11 is 0. The molecule has 0 heterocycles. The molecule has 0 atom stereocenters. The van der Waals surface area contributed by atoms with Gasteiger partial charge in [0, 0.05) is 20.8 Å². The van der Waals surface area contributed by atoms with Crippen LogP contribution in [0.15, 0.2) is 72.8 Å². The van der Waals surface area contributed by atoms with Crippen molar-refractivity contribution in [1.82, 2.24) is 0 Å². The second kappa shape index (κ2) is 11.0. The lowest BCUT2D eigenvalue weighted by Gasteiger charge is -2.28. The van der Waals surface area contributed by atoms with E-state index in [-0.39, 0.29) is 34.5 Å². The quantitative estimate of drug-likeness (QED) is 0.274. The van der Waals surface area contributed by atoms with E-state index < -0.39 is 24.1 Å². The van der Waals surface area contributed by atoms with Crippen LogP contribution in [0.25, 0.3) is 0 Å². The van der Waals surface area contributed by atoms with E-state index >= 15 is 0 Å². The van der Waals surface area contributed by atoms with Gasteiger partial charge < -0.3 is 28.4 Å². The van der Waals surface area contributed by atoms with Gasteiger partial charge in [0.2, 0.25) is 0 Å². The first kappa shape index (κ1) is 25.1. The Morgan fingerprint density at radius 1 is 0.486 bits per heavy atom. The first-order chi connectivity index (χ1) is 16.6. The van der Waals surface area contributed by atoms with Gasteiger partial charge in [0.05, 0.1) is 0 Å². The molecule has 0 aromatic heterocycles. The SMILES string of the molecule is CC(=O)Oc1ccc(OC(O)(Oc2ccc(OC(C)=O)cc2)Oc2ccc(OC(C)=O)cc2)cc1. The topological polar surface area (TPSA) is 127 Å². The molecule has 0 aliphatic heterocycles. The number of esters is 3. The van der Waals surface area contributed by atoms with E-state index in [1.807, 2.05) is 0 Å². The molecule has 0 amide bonds. The molecule has 0 aliphatic carbocycles. The van der Waals surface area contributed by atoms with E-state index in [4.69, 9.17) is 28.4 Å². The summed E-state index contributed by atoms with van der Waals surface area (Å²) in [7, 11) is 0. The minimum absolute atomic E-state index is 0.122. The van der Waals surface area contributed by atoms with Crippen LogP contribution in [0.1, 0.15) is 20.8 Å². The lowest BCUT2D eigenvalue weighted by atomic mass is 10.3. The Balaban J connectivity index is 1.82. The van der Waals surface area contributed by atoms with E-state index in [1.54, 1.807) is 0 Å². The number of rotatable bonds is 9. The van der Waals surface area contributed by atoms with Crippen molar-refractivity contribution in [3.8, 4) is 34.5 Å². The number of hydrogen-bond donors (Lipinski definition) is 1. The van der Waals surface area contributed by atoms with Crippen LogP contribution in [0.5, 0.6) is 34.5 Å². The van der Waals surface area contributed by atoms with E-state index in [0.717, 1.165) is 0 Å². The molecule has 0 unspecified atom stereocenters. The van der Waals surface area contributed by atoms with Crippen molar-refractivity contribution in [3.05, 3.63) is 72.8 Å². The van der Waals surface area contributed by atoms with Crippen LogP contribution in [0, 0.1) is 0 Å². The lowest BCUT2D eigenvalue weighted by molar-refractivity contribution is -0.384. The molecular weight excluding hydrogens is 460 g/mol. The van der Waals surface area contributed by atoms with Gasteiger partial charge in [-0.3, -0.25) is 19.5 Å². The van der Waals surface area contributed by atoms with E-state index in [2.05, 4.69) is 0 Å². The predicted molar refractivity (Wildman–Crippen MR) is 120 cm³/mol. The fraction of sp³-hybridized carbons (Fsp3) is 0.160. The highest BCUT2D eigenvalue weighted by Crippen LogP contribution is 2.28. The molecular formula is C25H22O10. The zero-order valence-electron chi connectivity index (χ0n) is 19.0. The molecule has 0 saturated heterocycles. The second-order valence-corrected chi connectivity index (χ2v) is 7.03. The Morgan fingerprint density at radius 2 is 0.686 bits per heavy atom. The van der Waals surface area contributed by atoms with Crippen molar-refractivity contribution in [3.63, 3.8) is 0 Å². The average Bonchev–Trinajstić information content (AvgIpc) is 2.77. The fourth-order valence-corrected chi connectivity index (χ4v) is 2.73. The van der Waals surface area contributed by atoms with Crippen molar-refractivity contribution in [2.24, 2.45) is 0 Å². The molecule has 0 saturated carbocycles. The van der Waals surface area contributed by atoms with Gasteiger partial charge in [-0.15, -0.1) is 0 Å². The summed E-state index contributed by atoms with van der Waals surface area (Å²) in [6.07, 6.45) is -2.66. The number of hydrogen-bond acceptors (Lipinski definition) is 10. The predicted octanol–water partition coefficient (Wildman–Crippen LogP) is 3.60. The van der Waals surface area contributed by atoms with Gasteiger partial charge in [0.1, 0.15) is 34.5 Å². The van der Waals surface area contributed by atoms with Crippen molar-refractivity contribution in [2.75, 3.05) is 0 Å². The van der Waals surface area contributed by atoms with Crippen LogP contribution < -0.4 is 28.4 Å². The summed E-state index contributed by atoms with van der Waals surface area (Å²) in [4.78, 5) is 33.3. The smallest absolute Gasteiger partial charge is 0.427 e. The normalized spacial score (nSPS) is 10.6. The third-order valence-corrected chi connectivity index (χ3v) is 4.00. The summed E-state index contributed by atoms with van der Waals surface area (Å²) in [5.74, 6) is -0.278. The van der Waals surface area contributed by atoms with Crippen LogP contribution in [0.3, 0.4) is 0 Å². The van der Waals surface area contributed by atoms with Crippen molar-refractivity contribution < 1.29 is 47.9 Å². The van der Waals surface area contributed by atoms with Crippen LogP contribution >= 0.6 is 0 Å². The minimum Gasteiger partial charge on any atom is -0.427 e. The maximum Gasteiger partial charge on any atom is 0.557 e. The highest BCUT2D eigenvalue weighted by atomic mass is 17.0. The molecule has 3 aromatic carbocycles. The first-order valence-corrected chi connectivity index (χ1v) is 10.2. The molecule has 3 aromatic rings. The second-order valence-electron chi connectivity index (χ2n) is 7.03. The molecule has 0 bridgehead atoms. The Hall–Kier alpha value is -4.57. The Labute approximate surface area is 200 Å². The average molecular weight is 482 g/mol. The van der Waals surface area contributed by atoms with Crippen LogP contribution in [-0.2, 0) is 14.4 Å². The monoisotopic (exact) mass is 482 g/mol. The number of benzene rings is 3. The van der Waals surface area contributed by atoms with Gasteiger partial charge in [0.25, 0.3) is 0 Å². The zero-order chi connectivity index (χ0) is 25.4. The summed E-state index contributed by atoms with van der Waals surface area (Å²) in [5, 5.41) is 11.1. The molecule has 0 radical (unpaired) electrons. The molecule has 35 heavy (non-hydrogen) atoms. The molecule has 3 rings (SSSR count). The van der Waals surface area contributed by atoms with Crippen LogP contribution in [-0.4, -0.2) is 29.2 Å². The molecule has 10 heteroatoms. The van der Waals surface area contributed by atoms with Gasteiger partial charge in [-0.2, -0.15) is 0 Å². The summed E-state index contributed by atoms with van der Waals surface area (Å²) in [6, 6.07) is 17.3. The molecule has 0 aliphatic rings. The lowest BCUT2D eigenvalue weighted by Crippen LogP contribution is -2.48. The van der Waals surface area contributed by atoms with Gasteiger partial charge >= 0.3 is 24.1 Å². The number of carbonyl (C=O) groups excluding carboxylic acids is 3. The maximum absolute atomic E-state index is 11.1. The molecule has 10 nitrogen and oxygen atoms in total. The van der Waals surface area contributed by atoms with Crippen molar-refractivity contribution >= 4 is 17.9 Å². The van der Waals surface area contributed by atoms with Crippen molar-refractivity contribution in [1.29, 1.82) is 0 Å². The van der Waals surface area contributed by atoms with E-state index in [9.17, 15) is 19.5 Å². The molecule has 182 valence electrons. The Morgan fingerprint density at radius 3 is 0.886 bits per heavy atom. The maximum atomic E-state index is 11.1. The summed E-state index contributed by atoms with van der Waals surface area (Å²) in [6.45, 7) is 3.80. The van der Waals surface area contributed by atoms with Gasteiger partial charge in [-0.05, 0) is 72.8 Å². The van der Waals surface area contributed by atoms with Gasteiger partial charge in [0.15, 0.2) is 0 Å². The largest absolute Gasteiger partial charge is 0.557 e. The first-order valence-electron chi connectivity index (χ1n) is 10.2. The molecule has 1 N–H and O–H groups in total. The van der Waals surface area contributed by atoms with E-state index in [0.29, 0.717) is 0 Å². The fourth-order valence-electron chi connectivity index (χ4n) is 2.73. The third kappa shape index (κ3) is 8.06. The van der Waals surface area contributed by atoms with Crippen LogP contribution in [0.4, 0.5) is 0 Å².